The molecule has 2 aliphatic heterocycles. The lowest BCUT2D eigenvalue weighted by molar-refractivity contribution is -0.131. The standard InChI is InChI=1S/C36H53N5O7/c1-6-23(5)33-35(46)37-17-8-18-48-27-15-11-25(12-16-27)20-29(34(45)41-33)38-21-30(43)28(19-24-9-13-26(42)14-10-24)39-36(47)32(22(3)4)40-31(44)7-2/h9-16,22-23,28-30,32-33,38,42-43H,6-8,17-21H2,1-5H3,(H,37,46)(H,39,47)(H,40,44)(H,41,45)/t23?,28-,29-,30+,32-,33-/m0/s1. The van der Waals surface area contributed by atoms with Crippen molar-refractivity contribution in [3.05, 3.63) is 59.7 Å². The second kappa shape index (κ2) is 19.0. The van der Waals surface area contributed by atoms with E-state index in [0.29, 0.717) is 31.7 Å². The minimum absolute atomic E-state index is 0.0732. The van der Waals surface area contributed by atoms with E-state index in [1.54, 1.807) is 19.1 Å². The number of benzene rings is 2. The topological polar surface area (TPSA) is 178 Å². The minimum atomic E-state index is -1.16. The van der Waals surface area contributed by atoms with Crippen LogP contribution in [0.15, 0.2) is 48.5 Å². The number of hydrogen-bond acceptors (Lipinski definition) is 8. The van der Waals surface area contributed by atoms with Gasteiger partial charge in [-0.15, -0.1) is 0 Å². The van der Waals surface area contributed by atoms with Crippen molar-refractivity contribution in [3.63, 3.8) is 0 Å². The van der Waals surface area contributed by atoms with Gasteiger partial charge in [-0.25, -0.2) is 0 Å². The lowest BCUT2D eigenvalue weighted by Crippen LogP contribution is -2.58. The number of ether oxygens (including phenoxy) is 1. The summed E-state index contributed by atoms with van der Waals surface area (Å²) >= 11 is 0. The van der Waals surface area contributed by atoms with Gasteiger partial charge < -0.3 is 41.5 Å². The Morgan fingerprint density at radius 1 is 0.979 bits per heavy atom. The summed E-state index contributed by atoms with van der Waals surface area (Å²) in [5.74, 6) is -0.927. The number of amides is 4. The SMILES string of the molecule is CCC(=O)N[C@H](C(=O)N[C@@H](Cc1ccc(O)cc1)[C@H](O)CN[C@H]1Cc2ccc(cc2)OCCCNC(=O)[C@H](C(C)CC)NC1=O)C(C)C. The molecule has 264 valence electrons. The van der Waals surface area contributed by atoms with Crippen molar-refractivity contribution in [2.75, 3.05) is 19.7 Å². The molecule has 48 heavy (non-hydrogen) atoms. The molecule has 0 aromatic heterocycles. The van der Waals surface area contributed by atoms with E-state index in [4.69, 9.17) is 4.74 Å². The number of carbonyl (C=O) groups excluding carboxylic acids is 4. The van der Waals surface area contributed by atoms with Crippen LogP contribution in [-0.4, -0.2) is 83.8 Å². The normalized spacial score (nSPS) is 19.8. The third kappa shape index (κ3) is 11.8. The Morgan fingerprint density at radius 3 is 2.29 bits per heavy atom. The molecule has 7 N–H and O–H groups in total. The van der Waals surface area contributed by atoms with Gasteiger partial charge in [0.2, 0.25) is 23.6 Å². The van der Waals surface area contributed by atoms with E-state index >= 15 is 0 Å². The van der Waals surface area contributed by atoms with Crippen LogP contribution in [0.2, 0.25) is 0 Å². The summed E-state index contributed by atoms with van der Waals surface area (Å²) in [4.78, 5) is 52.6. The molecule has 12 heteroatoms. The summed E-state index contributed by atoms with van der Waals surface area (Å²) in [5, 5.41) is 36.1. The van der Waals surface area contributed by atoms with Crippen molar-refractivity contribution in [3.8, 4) is 11.5 Å². The van der Waals surface area contributed by atoms with Crippen LogP contribution < -0.4 is 31.3 Å². The highest BCUT2D eigenvalue weighted by molar-refractivity contribution is 5.90. The summed E-state index contributed by atoms with van der Waals surface area (Å²) < 4.78 is 5.81. The van der Waals surface area contributed by atoms with E-state index in [1.807, 2.05) is 52.0 Å². The Labute approximate surface area is 283 Å². The Balaban J connectivity index is 1.86. The van der Waals surface area contributed by atoms with E-state index in [0.717, 1.165) is 11.1 Å². The minimum Gasteiger partial charge on any atom is -0.508 e. The smallest absolute Gasteiger partial charge is 0.243 e. The first-order valence-electron chi connectivity index (χ1n) is 17.0. The average molecular weight is 668 g/mol. The second-order valence-electron chi connectivity index (χ2n) is 12.9. The van der Waals surface area contributed by atoms with Crippen LogP contribution in [0.5, 0.6) is 11.5 Å². The first kappa shape index (κ1) is 38.3. The molecule has 2 aromatic rings. The number of carbonyl (C=O) groups is 4. The van der Waals surface area contributed by atoms with Gasteiger partial charge in [-0.05, 0) is 66.5 Å². The van der Waals surface area contributed by atoms with Crippen molar-refractivity contribution < 1.29 is 34.1 Å². The molecule has 2 heterocycles. The van der Waals surface area contributed by atoms with Crippen molar-refractivity contribution in [1.82, 2.24) is 26.6 Å². The molecule has 0 saturated heterocycles. The van der Waals surface area contributed by atoms with Gasteiger partial charge in [-0.3, -0.25) is 19.2 Å². The zero-order valence-corrected chi connectivity index (χ0v) is 28.8. The number of phenols is 1. The Bertz CT molecular complexity index is 1340. The fourth-order valence-corrected chi connectivity index (χ4v) is 5.41. The number of aliphatic hydroxyl groups excluding tert-OH is 1. The number of nitrogens with one attached hydrogen (secondary N) is 5. The van der Waals surface area contributed by atoms with Crippen LogP contribution in [0, 0.1) is 11.8 Å². The molecule has 6 atom stereocenters. The summed E-state index contributed by atoms with van der Waals surface area (Å²) in [7, 11) is 0. The number of aliphatic hydroxyl groups is 1. The molecule has 4 rings (SSSR count). The molecular formula is C36H53N5O7. The van der Waals surface area contributed by atoms with E-state index < -0.39 is 36.2 Å². The molecule has 2 aliphatic rings. The van der Waals surface area contributed by atoms with Crippen LogP contribution in [0.4, 0.5) is 0 Å². The predicted molar refractivity (Wildman–Crippen MR) is 183 cm³/mol. The molecule has 4 amide bonds. The molecule has 12 nitrogen and oxygen atoms in total. The Morgan fingerprint density at radius 2 is 1.67 bits per heavy atom. The van der Waals surface area contributed by atoms with Gasteiger partial charge >= 0.3 is 0 Å². The van der Waals surface area contributed by atoms with Gasteiger partial charge in [0.1, 0.15) is 23.6 Å². The summed E-state index contributed by atoms with van der Waals surface area (Å²) in [6.07, 6.45) is 0.831. The third-order valence-corrected chi connectivity index (χ3v) is 8.71. The predicted octanol–water partition coefficient (Wildman–Crippen LogP) is 1.96. The first-order valence-corrected chi connectivity index (χ1v) is 17.0. The van der Waals surface area contributed by atoms with E-state index in [9.17, 15) is 29.4 Å². The van der Waals surface area contributed by atoms with Gasteiger partial charge in [0.25, 0.3) is 0 Å². The van der Waals surface area contributed by atoms with Crippen LogP contribution in [0.1, 0.15) is 65.0 Å². The molecular weight excluding hydrogens is 614 g/mol. The fraction of sp³-hybridized carbons (Fsp3) is 0.556. The molecule has 2 aromatic carbocycles. The van der Waals surface area contributed by atoms with Gasteiger partial charge in [-0.2, -0.15) is 0 Å². The van der Waals surface area contributed by atoms with E-state index in [1.165, 1.54) is 12.1 Å². The molecule has 0 saturated carbocycles. The molecule has 0 aliphatic carbocycles. The third-order valence-electron chi connectivity index (χ3n) is 8.71. The Kier molecular flexibility index (Phi) is 15.1. The molecule has 0 radical (unpaired) electrons. The van der Waals surface area contributed by atoms with Gasteiger partial charge in [-0.1, -0.05) is 65.3 Å². The van der Waals surface area contributed by atoms with Gasteiger partial charge in [0.15, 0.2) is 0 Å². The number of aromatic hydroxyl groups is 1. The molecule has 1 unspecified atom stereocenters. The highest BCUT2D eigenvalue weighted by Crippen LogP contribution is 2.17. The van der Waals surface area contributed by atoms with Crippen LogP contribution in [-0.2, 0) is 32.0 Å². The van der Waals surface area contributed by atoms with E-state index in [-0.39, 0.29) is 61.1 Å². The first-order chi connectivity index (χ1) is 22.9. The van der Waals surface area contributed by atoms with Crippen LogP contribution in [0.3, 0.4) is 0 Å². The average Bonchev–Trinajstić information content (AvgIpc) is 3.08. The Hall–Kier alpha value is -4.16. The molecule has 0 fully saturated rings. The largest absolute Gasteiger partial charge is 0.508 e. The second-order valence-corrected chi connectivity index (χ2v) is 12.9. The maximum absolute atomic E-state index is 13.8. The highest BCUT2D eigenvalue weighted by Gasteiger charge is 2.32. The zero-order valence-electron chi connectivity index (χ0n) is 28.8. The summed E-state index contributed by atoms with van der Waals surface area (Å²) in [6, 6.07) is 10.7. The van der Waals surface area contributed by atoms with Crippen LogP contribution >= 0.6 is 0 Å². The monoisotopic (exact) mass is 667 g/mol. The number of phenolic OH excluding ortho intramolecular Hbond substituents is 1. The number of hydrogen-bond donors (Lipinski definition) is 7. The number of rotatable bonds is 13. The number of fused-ring (bicyclic) bond motifs is 12. The lowest BCUT2D eigenvalue weighted by Gasteiger charge is -2.30. The lowest BCUT2D eigenvalue weighted by atomic mass is 9.96. The quantitative estimate of drug-likeness (QED) is 0.170. The highest BCUT2D eigenvalue weighted by atomic mass is 16.5. The maximum atomic E-state index is 13.8. The van der Waals surface area contributed by atoms with Crippen molar-refractivity contribution >= 4 is 23.6 Å². The van der Waals surface area contributed by atoms with Crippen molar-refractivity contribution in [2.24, 2.45) is 11.8 Å². The summed E-state index contributed by atoms with van der Waals surface area (Å²) in [5.41, 5.74) is 1.61. The van der Waals surface area contributed by atoms with Crippen molar-refractivity contribution in [1.29, 1.82) is 0 Å². The van der Waals surface area contributed by atoms with Crippen LogP contribution in [0.25, 0.3) is 0 Å². The summed E-state index contributed by atoms with van der Waals surface area (Å²) in [6.45, 7) is 10.00. The van der Waals surface area contributed by atoms with Crippen molar-refractivity contribution in [2.45, 2.75) is 97.0 Å². The maximum Gasteiger partial charge on any atom is 0.243 e. The molecule has 2 bridgehead atoms. The molecule has 0 spiro atoms. The van der Waals surface area contributed by atoms with Gasteiger partial charge in [0.05, 0.1) is 24.8 Å². The van der Waals surface area contributed by atoms with Gasteiger partial charge in [0, 0.05) is 19.5 Å². The fourth-order valence-electron chi connectivity index (χ4n) is 5.41. The van der Waals surface area contributed by atoms with E-state index in [2.05, 4.69) is 26.6 Å². The zero-order chi connectivity index (χ0) is 35.2.